The van der Waals surface area contributed by atoms with E-state index in [0.717, 1.165) is 4.90 Å². The summed E-state index contributed by atoms with van der Waals surface area (Å²) in [5.41, 5.74) is 0.970. The molecule has 1 fully saturated rings. The Morgan fingerprint density at radius 1 is 1.04 bits per heavy atom. The van der Waals surface area contributed by atoms with Gasteiger partial charge in [-0.2, -0.15) is 0 Å². The molecule has 7 nitrogen and oxygen atoms in total. The summed E-state index contributed by atoms with van der Waals surface area (Å²) in [6, 6.07) is 6.36. The minimum atomic E-state index is -0.444. The van der Waals surface area contributed by atoms with E-state index in [2.05, 4.69) is 10.6 Å². The largest absolute Gasteiger partial charge is 0.355 e. The van der Waals surface area contributed by atoms with Crippen LogP contribution >= 0.6 is 0 Å². The van der Waals surface area contributed by atoms with Crippen LogP contribution in [0, 0.1) is 11.8 Å². The van der Waals surface area contributed by atoms with Crippen molar-refractivity contribution in [2.45, 2.75) is 12.8 Å². The van der Waals surface area contributed by atoms with E-state index in [-0.39, 0.29) is 36.1 Å². The van der Waals surface area contributed by atoms with Gasteiger partial charge in [-0.25, -0.2) is 0 Å². The lowest BCUT2D eigenvalue weighted by molar-refractivity contribution is -0.142. The van der Waals surface area contributed by atoms with E-state index in [1.54, 1.807) is 24.3 Å². The van der Waals surface area contributed by atoms with Gasteiger partial charge in [0.25, 0.3) is 5.91 Å². The molecule has 0 radical (unpaired) electrons. The third-order valence-electron chi connectivity index (χ3n) is 4.56. The zero-order chi connectivity index (χ0) is 18.0. The van der Waals surface area contributed by atoms with Crippen LogP contribution in [0.4, 0.5) is 5.69 Å². The Bertz CT molecular complexity index is 728. The average Bonchev–Trinajstić information content (AvgIpc) is 2.87. The molecule has 2 aliphatic rings. The van der Waals surface area contributed by atoms with Gasteiger partial charge in [0.15, 0.2) is 0 Å². The molecular formula is C18H19N3O4. The van der Waals surface area contributed by atoms with Crippen molar-refractivity contribution < 1.29 is 19.2 Å². The molecule has 0 unspecified atom stereocenters. The summed E-state index contributed by atoms with van der Waals surface area (Å²) in [5.74, 6) is -1.88. The van der Waals surface area contributed by atoms with Gasteiger partial charge in [-0.05, 0) is 37.1 Å². The molecule has 1 aromatic carbocycles. The minimum Gasteiger partial charge on any atom is -0.355 e. The Kier molecular flexibility index (Phi) is 4.65. The minimum absolute atomic E-state index is 0.220. The molecule has 7 heteroatoms. The van der Waals surface area contributed by atoms with E-state index in [1.807, 2.05) is 12.2 Å². The Morgan fingerprint density at radius 2 is 1.60 bits per heavy atom. The van der Waals surface area contributed by atoms with Gasteiger partial charge < -0.3 is 10.6 Å². The Morgan fingerprint density at radius 3 is 2.12 bits per heavy atom. The summed E-state index contributed by atoms with van der Waals surface area (Å²) in [4.78, 5) is 49.4. The number of benzene rings is 1. The van der Waals surface area contributed by atoms with E-state index in [0.29, 0.717) is 24.1 Å². The van der Waals surface area contributed by atoms with Crippen LogP contribution in [0.25, 0.3) is 0 Å². The highest BCUT2D eigenvalue weighted by Crippen LogP contribution is 2.34. The van der Waals surface area contributed by atoms with Gasteiger partial charge in [-0.15, -0.1) is 0 Å². The highest BCUT2D eigenvalue weighted by atomic mass is 16.2. The van der Waals surface area contributed by atoms with Crippen LogP contribution in [-0.2, 0) is 14.4 Å². The van der Waals surface area contributed by atoms with E-state index in [1.165, 1.54) is 7.05 Å². The summed E-state index contributed by atoms with van der Waals surface area (Å²) in [6.45, 7) is -0.290. The second kappa shape index (κ2) is 6.88. The molecule has 4 amide bonds. The zero-order valence-electron chi connectivity index (χ0n) is 13.8. The van der Waals surface area contributed by atoms with Crippen molar-refractivity contribution in [1.82, 2.24) is 10.2 Å². The Labute approximate surface area is 145 Å². The number of hydrogen-bond donors (Lipinski definition) is 2. The lowest BCUT2D eigenvalue weighted by Crippen LogP contribution is -2.38. The van der Waals surface area contributed by atoms with Crippen molar-refractivity contribution in [3.8, 4) is 0 Å². The number of imide groups is 1. The summed E-state index contributed by atoms with van der Waals surface area (Å²) in [6.07, 6.45) is 4.91. The number of nitrogens with zero attached hydrogens (tertiary/aromatic N) is 1. The number of allylic oxidation sites excluding steroid dienone is 2. The Hall–Kier alpha value is -2.96. The maximum atomic E-state index is 12.3. The monoisotopic (exact) mass is 341 g/mol. The molecule has 2 atom stereocenters. The summed E-state index contributed by atoms with van der Waals surface area (Å²) in [5, 5.41) is 5.15. The smallest absolute Gasteiger partial charge is 0.251 e. The quantitative estimate of drug-likeness (QED) is 0.629. The lowest BCUT2D eigenvalue weighted by Gasteiger charge is -2.14. The topological polar surface area (TPSA) is 95.6 Å². The van der Waals surface area contributed by atoms with Gasteiger partial charge >= 0.3 is 0 Å². The van der Waals surface area contributed by atoms with Crippen molar-refractivity contribution in [2.75, 3.05) is 18.9 Å². The summed E-state index contributed by atoms with van der Waals surface area (Å²) >= 11 is 0. The van der Waals surface area contributed by atoms with Crippen LogP contribution in [-0.4, -0.2) is 42.1 Å². The molecule has 3 rings (SSSR count). The van der Waals surface area contributed by atoms with Gasteiger partial charge in [0.2, 0.25) is 17.7 Å². The van der Waals surface area contributed by atoms with Gasteiger partial charge in [0, 0.05) is 18.3 Å². The first-order valence-electron chi connectivity index (χ1n) is 8.13. The van der Waals surface area contributed by atoms with E-state index >= 15 is 0 Å². The van der Waals surface area contributed by atoms with Crippen molar-refractivity contribution >= 4 is 29.3 Å². The van der Waals surface area contributed by atoms with Gasteiger partial charge in [-0.1, -0.05) is 12.2 Å². The number of nitrogens with one attached hydrogen (secondary N) is 2. The summed E-state index contributed by atoms with van der Waals surface area (Å²) in [7, 11) is 1.54. The molecular weight excluding hydrogens is 322 g/mol. The van der Waals surface area contributed by atoms with Crippen molar-refractivity contribution in [2.24, 2.45) is 11.8 Å². The first kappa shape index (κ1) is 16.9. The third kappa shape index (κ3) is 3.31. The number of fused-ring (bicyclic) bond motifs is 1. The predicted molar refractivity (Wildman–Crippen MR) is 90.5 cm³/mol. The summed E-state index contributed by atoms with van der Waals surface area (Å²) < 4.78 is 0. The van der Waals surface area contributed by atoms with E-state index < -0.39 is 5.91 Å². The molecule has 1 aliphatic heterocycles. The maximum Gasteiger partial charge on any atom is 0.251 e. The highest BCUT2D eigenvalue weighted by Gasteiger charge is 2.47. The second-order valence-electron chi connectivity index (χ2n) is 6.12. The second-order valence-corrected chi connectivity index (χ2v) is 6.12. The number of carbonyl (C=O) groups is 4. The first-order valence-corrected chi connectivity index (χ1v) is 8.13. The average molecular weight is 341 g/mol. The van der Waals surface area contributed by atoms with E-state index in [4.69, 9.17) is 0 Å². The number of anilines is 1. The molecule has 0 aromatic heterocycles. The SMILES string of the molecule is CNC(=O)c1ccc(NC(=O)CN2C(=O)[C@H]3CC=CC[C@@H]3C2=O)cc1. The standard InChI is InChI=1S/C18H19N3O4/c1-19-16(23)11-6-8-12(9-7-11)20-15(22)10-21-17(24)13-4-2-3-5-14(13)18(21)25/h2-3,6-9,13-14H,4-5,10H2,1H3,(H,19,23)(H,20,22)/t13-,14-/m0/s1. The number of amides is 4. The molecule has 25 heavy (non-hydrogen) atoms. The molecule has 2 N–H and O–H groups in total. The number of hydrogen-bond acceptors (Lipinski definition) is 4. The normalized spacial score (nSPS) is 21.9. The molecule has 1 heterocycles. The van der Waals surface area contributed by atoms with Crippen LogP contribution in [0.1, 0.15) is 23.2 Å². The number of rotatable bonds is 4. The fourth-order valence-corrected chi connectivity index (χ4v) is 3.22. The third-order valence-corrected chi connectivity index (χ3v) is 4.56. The van der Waals surface area contributed by atoms with Crippen LogP contribution in [0.3, 0.4) is 0 Å². The van der Waals surface area contributed by atoms with Gasteiger partial charge in [0.1, 0.15) is 6.54 Å². The number of likely N-dealkylation sites (tertiary alicyclic amines) is 1. The molecule has 1 aromatic rings. The first-order chi connectivity index (χ1) is 12.0. The van der Waals surface area contributed by atoms with Crippen LogP contribution in [0.2, 0.25) is 0 Å². The fourth-order valence-electron chi connectivity index (χ4n) is 3.22. The molecule has 1 aliphatic carbocycles. The zero-order valence-corrected chi connectivity index (χ0v) is 13.8. The molecule has 0 saturated carbocycles. The van der Waals surface area contributed by atoms with Crippen molar-refractivity contribution in [1.29, 1.82) is 0 Å². The Balaban J connectivity index is 1.62. The molecule has 0 spiro atoms. The van der Waals surface area contributed by atoms with Crippen LogP contribution < -0.4 is 10.6 Å². The van der Waals surface area contributed by atoms with Crippen LogP contribution in [0.15, 0.2) is 36.4 Å². The van der Waals surface area contributed by atoms with Gasteiger partial charge in [0.05, 0.1) is 11.8 Å². The molecule has 0 bridgehead atoms. The fraction of sp³-hybridized carbons (Fsp3) is 0.333. The highest BCUT2D eigenvalue weighted by molar-refractivity contribution is 6.08. The maximum absolute atomic E-state index is 12.3. The van der Waals surface area contributed by atoms with Gasteiger partial charge in [-0.3, -0.25) is 24.1 Å². The molecule has 130 valence electrons. The van der Waals surface area contributed by atoms with Crippen molar-refractivity contribution in [3.05, 3.63) is 42.0 Å². The lowest BCUT2D eigenvalue weighted by atomic mass is 9.85. The molecule has 1 saturated heterocycles. The predicted octanol–water partition coefficient (Wildman–Crippen LogP) is 0.936. The van der Waals surface area contributed by atoms with Crippen LogP contribution in [0.5, 0.6) is 0 Å². The van der Waals surface area contributed by atoms with Crippen molar-refractivity contribution in [3.63, 3.8) is 0 Å². The number of carbonyl (C=O) groups excluding carboxylic acids is 4. The van der Waals surface area contributed by atoms with E-state index in [9.17, 15) is 19.2 Å².